The van der Waals surface area contributed by atoms with Crippen LogP contribution in [0.5, 0.6) is 0 Å². The summed E-state index contributed by atoms with van der Waals surface area (Å²) in [4.78, 5) is 2.26. The van der Waals surface area contributed by atoms with Crippen molar-refractivity contribution in [2.75, 3.05) is 0 Å². The lowest BCUT2D eigenvalue weighted by molar-refractivity contribution is 0.248. The van der Waals surface area contributed by atoms with Crippen LogP contribution in [0.4, 0.5) is 0 Å². The van der Waals surface area contributed by atoms with E-state index in [9.17, 15) is 0 Å². The molecule has 0 aromatic carbocycles. The van der Waals surface area contributed by atoms with Gasteiger partial charge in [-0.15, -0.1) is 11.3 Å². The molecular weight excluding hydrogens is 288 g/mol. The van der Waals surface area contributed by atoms with Crippen molar-refractivity contribution in [3.63, 3.8) is 0 Å². The standard InChI is InChI=1S/C16H16O4S/c1-9-15(13-5-3-11(7-17)19-13)16(10(2)21-9)14-6-4-12(8-18)20-14/h3-6,17-18H,7-8H2,1-2H3. The highest BCUT2D eigenvalue weighted by molar-refractivity contribution is 7.13. The van der Waals surface area contributed by atoms with Gasteiger partial charge in [-0.2, -0.15) is 0 Å². The van der Waals surface area contributed by atoms with Crippen molar-refractivity contribution in [2.45, 2.75) is 27.1 Å². The molecule has 0 aliphatic rings. The Labute approximate surface area is 126 Å². The van der Waals surface area contributed by atoms with Crippen molar-refractivity contribution in [2.24, 2.45) is 0 Å². The molecule has 0 bridgehead atoms. The largest absolute Gasteiger partial charge is 0.459 e. The first-order chi connectivity index (χ1) is 10.1. The smallest absolute Gasteiger partial charge is 0.136 e. The fourth-order valence-corrected chi connectivity index (χ4v) is 3.54. The van der Waals surface area contributed by atoms with Crippen LogP contribution in [0, 0.1) is 13.8 Å². The van der Waals surface area contributed by atoms with Crippen molar-refractivity contribution in [3.05, 3.63) is 45.5 Å². The minimum absolute atomic E-state index is 0.118. The molecule has 0 unspecified atom stereocenters. The van der Waals surface area contributed by atoms with Gasteiger partial charge in [0.25, 0.3) is 0 Å². The molecule has 3 rings (SSSR count). The van der Waals surface area contributed by atoms with Gasteiger partial charge in [0.15, 0.2) is 0 Å². The van der Waals surface area contributed by atoms with E-state index in [1.165, 1.54) is 0 Å². The van der Waals surface area contributed by atoms with Gasteiger partial charge in [-0.25, -0.2) is 0 Å². The fraction of sp³-hybridized carbons (Fsp3) is 0.250. The normalized spacial score (nSPS) is 11.2. The Hall–Kier alpha value is -1.82. The molecule has 4 nitrogen and oxygen atoms in total. The van der Waals surface area contributed by atoms with Crippen molar-refractivity contribution in [3.8, 4) is 22.6 Å². The molecule has 0 radical (unpaired) electrons. The average Bonchev–Trinajstić information content (AvgIpc) is 3.16. The highest BCUT2D eigenvalue weighted by atomic mass is 32.1. The molecule has 0 amide bonds. The number of hydrogen-bond acceptors (Lipinski definition) is 5. The fourth-order valence-electron chi connectivity index (χ4n) is 2.47. The van der Waals surface area contributed by atoms with Gasteiger partial charge in [0.2, 0.25) is 0 Å². The molecule has 0 fully saturated rings. The maximum absolute atomic E-state index is 9.16. The van der Waals surface area contributed by atoms with Crippen LogP contribution in [0.3, 0.4) is 0 Å². The van der Waals surface area contributed by atoms with Gasteiger partial charge in [-0.05, 0) is 38.1 Å². The minimum atomic E-state index is -0.118. The van der Waals surface area contributed by atoms with Gasteiger partial charge in [0.05, 0.1) is 0 Å². The summed E-state index contributed by atoms with van der Waals surface area (Å²) in [5.74, 6) is 2.51. The van der Waals surface area contributed by atoms with Crippen molar-refractivity contribution in [1.82, 2.24) is 0 Å². The van der Waals surface area contributed by atoms with Crippen LogP contribution < -0.4 is 0 Å². The van der Waals surface area contributed by atoms with Gasteiger partial charge in [0, 0.05) is 20.9 Å². The van der Waals surface area contributed by atoms with Crippen LogP contribution in [-0.2, 0) is 13.2 Å². The number of hydrogen-bond donors (Lipinski definition) is 2. The third-order valence-electron chi connectivity index (χ3n) is 3.39. The molecule has 0 aliphatic heterocycles. The molecular formula is C16H16O4S. The van der Waals surface area contributed by atoms with Crippen molar-refractivity contribution < 1.29 is 19.0 Å². The number of rotatable bonds is 4. The zero-order chi connectivity index (χ0) is 15.0. The predicted molar refractivity (Wildman–Crippen MR) is 81.0 cm³/mol. The van der Waals surface area contributed by atoms with Crippen LogP contribution in [-0.4, -0.2) is 10.2 Å². The Morgan fingerprint density at radius 1 is 0.810 bits per heavy atom. The first-order valence-corrected chi connectivity index (χ1v) is 7.45. The zero-order valence-electron chi connectivity index (χ0n) is 11.8. The summed E-state index contributed by atoms with van der Waals surface area (Å²) in [6.07, 6.45) is 0. The molecule has 0 aliphatic carbocycles. The van der Waals surface area contributed by atoms with Gasteiger partial charge in [-0.1, -0.05) is 0 Å². The SMILES string of the molecule is Cc1sc(C)c(-c2ccc(CO)o2)c1-c1ccc(CO)o1. The minimum Gasteiger partial charge on any atom is -0.459 e. The lowest BCUT2D eigenvalue weighted by Crippen LogP contribution is -1.81. The van der Waals surface area contributed by atoms with E-state index in [0.717, 1.165) is 32.4 Å². The van der Waals surface area contributed by atoms with E-state index < -0.39 is 0 Å². The van der Waals surface area contributed by atoms with Gasteiger partial charge in [-0.3, -0.25) is 0 Å². The average molecular weight is 304 g/mol. The summed E-state index contributed by atoms with van der Waals surface area (Å²) in [5.41, 5.74) is 1.96. The maximum atomic E-state index is 9.16. The van der Waals surface area contributed by atoms with Crippen molar-refractivity contribution >= 4 is 11.3 Å². The van der Waals surface area contributed by atoms with Crippen LogP contribution in [0.15, 0.2) is 33.1 Å². The molecule has 21 heavy (non-hydrogen) atoms. The molecule has 0 spiro atoms. The van der Waals surface area contributed by atoms with E-state index in [2.05, 4.69) is 0 Å². The zero-order valence-corrected chi connectivity index (χ0v) is 12.7. The quantitative estimate of drug-likeness (QED) is 0.768. The summed E-state index contributed by atoms with van der Waals surface area (Å²) >= 11 is 1.67. The third kappa shape index (κ3) is 2.44. The molecule has 0 saturated carbocycles. The van der Waals surface area contributed by atoms with Gasteiger partial charge >= 0.3 is 0 Å². The molecule has 5 heteroatoms. The third-order valence-corrected chi connectivity index (χ3v) is 4.41. The number of aliphatic hydroxyl groups excluding tert-OH is 2. The monoisotopic (exact) mass is 304 g/mol. The molecule has 3 heterocycles. The predicted octanol–water partition coefficient (Wildman–Crippen LogP) is 3.87. The highest BCUT2D eigenvalue weighted by Gasteiger charge is 2.21. The Balaban J connectivity index is 2.16. The number of thiophene rings is 1. The summed E-state index contributed by atoms with van der Waals surface area (Å²) in [6, 6.07) is 7.26. The second-order valence-corrected chi connectivity index (χ2v) is 6.24. The second kappa shape index (κ2) is 5.52. The van der Waals surface area contributed by atoms with E-state index in [-0.39, 0.29) is 13.2 Å². The van der Waals surface area contributed by atoms with Crippen LogP contribution in [0.25, 0.3) is 22.6 Å². The van der Waals surface area contributed by atoms with E-state index in [1.807, 2.05) is 26.0 Å². The summed E-state index contributed by atoms with van der Waals surface area (Å²) < 4.78 is 11.3. The summed E-state index contributed by atoms with van der Waals surface area (Å²) in [5, 5.41) is 18.3. The number of furan rings is 2. The maximum Gasteiger partial charge on any atom is 0.136 e. The molecule has 3 aromatic rings. The van der Waals surface area contributed by atoms with E-state index >= 15 is 0 Å². The topological polar surface area (TPSA) is 66.7 Å². The molecule has 3 aromatic heterocycles. The number of aryl methyl sites for hydroxylation is 2. The van der Waals surface area contributed by atoms with Gasteiger partial charge < -0.3 is 19.0 Å². The van der Waals surface area contributed by atoms with Crippen molar-refractivity contribution in [1.29, 1.82) is 0 Å². The van der Waals surface area contributed by atoms with Crippen LogP contribution in [0.1, 0.15) is 21.3 Å². The molecule has 0 saturated heterocycles. The van der Waals surface area contributed by atoms with Gasteiger partial charge in [0.1, 0.15) is 36.3 Å². The molecule has 0 atom stereocenters. The first kappa shape index (κ1) is 14.1. The molecule has 2 N–H and O–H groups in total. The van der Waals surface area contributed by atoms with E-state index in [0.29, 0.717) is 11.5 Å². The lowest BCUT2D eigenvalue weighted by Gasteiger charge is -2.02. The Morgan fingerprint density at radius 2 is 1.24 bits per heavy atom. The van der Waals surface area contributed by atoms with Crippen LogP contribution in [0.2, 0.25) is 0 Å². The lowest BCUT2D eigenvalue weighted by atomic mass is 10.0. The summed E-state index contributed by atoms with van der Waals surface area (Å²) in [6.45, 7) is 3.83. The number of aliphatic hydroxyl groups is 2. The van der Waals surface area contributed by atoms with Crippen LogP contribution >= 0.6 is 11.3 Å². The van der Waals surface area contributed by atoms with E-state index in [1.54, 1.807) is 23.5 Å². The first-order valence-electron chi connectivity index (χ1n) is 6.64. The Morgan fingerprint density at radius 3 is 1.57 bits per heavy atom. The van der Waals surface area contributed by atoms with E-state index in [4.69, 9.17) is 19.0 Å². The molecule has 110 valence electrons. The Kier molecular flexibility index (Phi) is 3.71. The summed E-state index contributed by atoms with van der Waals surface area (Å²) in [7, 11) is 0. The Bertz CT molecular complexity index is 700. The second-order valence-electron chi connectivity index (χ2n) is 4.81. The highest BCUT2D eigenvalue weighted by Crippen LogP contribution is 2.43.